The Kier molecular flexibility index (Phi) is 5.55. The summed E-state index contributed by atoms with van der Waals surface area (Å²) in [5, 5.41) is 11.9. The Morgan fingerprint density at radius 3 is 2.78 bits per heavy atom. The van der Waals surface area contributed by atoms with E-state index in [9.17, 15) is 9.59 Å². The van der Waals surface area contributed by atoms with E-state index in [1.54, 1.807) is 4.90 Å². The zero-order valence-corrected chi connectivity index (χ0v) is 11.3. The maximum Gasteiger partial charge on any atom is 0.305 e. The van der Waals surface area contributed by atoms with E-state index >= 15 is 0 Å². The quantitative estimate of drug-likeness (QED) is 0.701. The first-order chi connectivity index (χ1) is 8.41. The first-order valence-electron chi connectivity index (χ1n) is 6.32. The topological polar surface area (TPSA) is 72.9 Å². The first kappa shape index (κ1) is 14.9. The molecule has 0 aromatic carbocycles. The highest BCUT2D eigenvalue weighted by Crippen LogP contribution is 2.12. The minimum atomic E-state index is -0.942. The van der Waals surface area contributed by atoms with E-state index < -0.39 is 12.0 Å². The molecular formula is C12H23N3O3. The van der Waals surface area contributed by atoms with Crippen LogP contribution in [0.25, 0.3) is 0 Å². The fourth-order valence-electron chi connectivity index (χ4n) is 2.10. The number of carbonyl (C=O) groups is 2. The molecule has 6 heteroatoms. The monoisotopic (exact) mass is 257 g/mol. The number of carbonyl (C=O) groups excluding carboxylic acids is 1. The summed E-state index contributed by atoms with van der Waals surface area (Å²) >= 11 is 0. The van der Waals surface area contributed by atoms with Crippen LogP contribution in [0, 0.1) is 0 Å². The van der Waals surface area contributed by atoms with Gasteiger partial charge in [0.05, 0.1) is 12.5 Å². The molecule has 1 amide bonds. The Bertz CT molecular complexity index is 307. The molecule has 6 nitrogen and oxygen atoms in total. The van der Waals surface area contributed by atoms with Crippen LogP contribution >= 0.6 is 0 Å². The van der Waals surface area contributed by atoms with Gasteiger partial charge in [-0.2, -0.15) is 0 Å². The summed E-state index contributed by atoms with van der Waals surface area (Å²) < 4.78 is 0. The third-order valence-electron chi connectivity index (χ3n) is 3.23. The van der Waals surface area contributed by atoms with Gasteiger partial charge in [-0.25, -0.2) is 0 Å². The highest BCUT2D eigenvalue weighted by molar-refractivity contribution is 5.86. The fourth-order valence-corrected chi connectivity index (χ4v) is 2.10. The van der Waals surface area contributed by atoms with Crippen LogP contribution in [0.1, 0.15) is 19.8 Å². The number of nitrogens with one attached hydrogen (secondary N) is 1. The van der Waals surface area contributed by atoms with Gasteiger partial charge in [-0.1, -0.05) is 0 Å². The van der Waals surface area contributed by atoms with Crippen molar-refractivity contribution in [3.63, 3.8) is 0 Å². The van der Waals surface area contributed by atoms with Gasteiger partial charge in [0.2, 0.25) is 5.91 Å². The molecule has 0 aromatic heterocycles. The summed E-state index contributed by atoms with van der Waals surface area (Å²) in [5.41, 5.74) is 0. The Morgan fingerprint density at radius 2 is 2.22 bits per heavy atom. The lowest BCUT2D eigenvalue weighted by atomic mass is 10.1. The number of amides is 1. The number of carboxylic acids is 1. The predicted molar refractivity (Wildman–Crippen MR) is 68.4 cm³/mol. The summed E-state index contributed by atoms with van der Waals surface area (Å²) in [6.45, 7) is 4.13. The minimum absolute atomic E-state index is 0.0933. The highest BCUT2D eigenvalue weighted by Gasteiger charge is 2.31. The number of rotatable bonds is 5. The van der Waals surface area contributed by atoms with E-state index in [-0.39, 0.29) is 18.4 Å². The molecule has 0 spiro atoms. The number of carboxylic acid groups (broad SMARTS) is 1. The second-order valence-electron chi connectivity index (χ2n) is 5.08. The molecule has 1 rings (SSSR count). The molecule has 1 aliphatic heterocycles. The molecule has 1 heterocycles. The van der Waals surface area contributed by atoms with Gasteiger partial charge in [-0.15, -0.1) is 0 Å². The SMILES string of the molecule is CC1CCNC(CC(=O)O)C(=O)N1CCN(C)C. The number of likely N-dealkylation sites (N-methyl/N-ethyl adjacent to an activating group) is 1. The van der Waals surface area contributed by atoms with Crippen LogP contribution in [-0.2, 0) is 9.59 Å². The molecule has 0 radical (unpaired) electrons. The van der Waals surface area contributed by atoms with Crippen LogP contribution in [0.2, 0.25) is 0 Å². The van der Waals surface area contributed by atoms with E-state index in [1.807, 2.05) is 25.9 Å². The summed E-state index contributed by atoms with van der Waals surface area (Å²) in [6.07, 6.45) is 0.708. The van der Waals surface area contributed by atoms with Crippen LogP contribution in [0.15, 0.2) is 0 Å². The molecule has 0 bridgehead atoms. The molecule has 1 aliphatic rings. The molecular weight excluding hydrogens is 234 g/mol. The second-order valence-corrected chi connectivity index (χ2v) is 5.08. The highest BCUT2D eigenvalue weighted by atomic mass is 16.4. The van der Waals surface area contributed by atoms with Crippen LogP contribution in [0.4, 0.5) is 0 Å². The van der Waals surface area contributed by atoms with Crippen molar-refractivity contribution < 1.29 is 14.7 Å². The lowest BCUT2D eigenvalue weighted by Crippen LogP contribution is -2.48. The smallest absolute Gasteiger partial charge is 0.305 e. The maximum atomic E-state index is 12.3. The molecule has 0 aromatic rings. The Labute approximate surface area is 108 Å². The van der Waals surface area contributed by atoms with Crippen molar-refractivity contribution in [3.05, 3.63) is 0 Å². The number of hydrogen-bond donors (Lipinski definition) is 2. The van der Waals surface area contributed by atoms with Crippen LogP contribution in [0.5, 0.6) is 0 Å². The predicted octanol–water partition coefficient (Wildman–Crippen LogP) is -0.398. The molecule has 0 saturated carbocycles. The molecule has 2 N–H and O–H groups in total. The van der Waals surface area contributed by atoms with Crippen molar-refractivity contribution in [2.45, 2.75) is 31.8 Å². The molecule has 1 fully saturated rings. The van der Waals surface area contributed by atoms with Gasteiger partial charge in [0, 0.05) is 19.1 Å². The van der Waals surface area contributed by atoms with Gasteiger partial charge in [-0.05, 0) is 34.0 Å². The standard InChI is InChI=1S/C12H23N3O3/c1-9-4-5-13-10(8-11(16)17)12(18)15(9)7-6-14(2)3/h9-10,13H,4-8H2,1-3H3,(H,16,17). The fraction of sp³-hybridized carbons (Fsp3) is 0.833. The summed E-state index contributed by atoms with van der Waals surface area (Å²) in [5.74, 6) is -1.03. The van der Waals surface area contributed by atoms with Crippen molar-refractivity contribution in [3.8, 4) is 0 Å². The van der Waals surface area contributed by atoms with E-state index in [0.717, 1.165) is 13.0 Å². The van der Waals surface area contributed by atoms with Crippen LogP contribution in [-0.4, -0.2) is 72.6 Å². The van der Waals surface area contributed by atoms with E-state index in [4.69, 9.17) is 5.11 Å². The number of hydrogen-bond acceptors (Lipinski definition) is 4. The molecule has 2 unspecified atom stereocenters. The van der Waals surface area contributed by atoms with Crippen LogP contribution < -0.4 is 5.32 Å². The zero-order valence-electron chi connectivity index (χ0n) is 11.3. The summed E-state index contributed by atoms with van der Waals surface area (Å²) in [4.78, 5) is 26.9. The van der Waals surface area contributed by atoms with Gasteiger partial charge >= 0.3 is 5.97 Å². The van der Waals surface area contributed by atoms with Gasteiger partial charge in [0.25, 0.3) is 0 Å². The molecule has 0 aliphatic carbocycles. The molecule has 18 heavy (non-hydrogen) atoms. The number of nitrogens with zero attached hydrogens (tertiary/aromatic N) is 2. The average molecular weight is 257 g/mol. The third kappa shape index (κ3) is 4.27. The summed E-state index contributed by atoms with van der Waals surface area (Å²) in [6, 6.07) is -0.432. The molecule has 2 atom stereocenters. The molecule has 104 valence electrons. The summed E-state index contributed by atoms with van der Waals surface area (Å²) in [7, 11) is 3.92. The Balaban J connectivity index is 2.70. The minimum Gasteiger partial charge on any atom is -0.481 e. The van der Waals surface area contributed by atoms with Gasteiger partial charge < -0.3 is 20.2 Å². The van der Waals surface area contributed by atoms with E-state index in [1.165, 1.54) is 0 Å². The van der Waals surface area contributed by atoms with Crippen molar-refractivity contribution in [1.29, 1.82) is 0 Å². The molecule has 1 saturated heterocycles. The van der Waals surface area contributed by atoms with Crippen molar-refractivity contribution >= 4 is 11.9 Å². The van der Waals surface area contributed by atoms with E-state index in [0.29, 0.717) is 13.1 Å². The number of aliphatic carboxylic acids is 1. The zero-order chi connectivity index (χ0) is 13.7. The van der Waals surface area contributed by atoms with Crippen LogP contribution in [0.3, 0.4) is 0 Å². The van der Waals surface area contributed by atoms with Gasteiger partial charge in [-0.3, -0.25) is 9.59 Å². The Hall–Kier alpha value is -1.14. The lowest BCUT2D eigenvalue weighted by Gasteiger charge is -2.30. The van der Waals surface area contributed by atoms with Crippen molar-refractivity contribution in [1.82, 2.24) is 15.1 Å². The van der Waals surface area contributed by atoms with Crippen molar-refractivity contribution in [2.75, 3.05) is 33.7 Å². The maximum absolute atomic E-state index is 12.3. The second kappa shape index (κ2) is 6.70. The largest absolute Gasteiger partial charge is 0.481 e. The lowest BCUT2D eigenvalue weighted by molar-refractivity contribution is -0.143. The van der Waals surface area contributed by atoms with Gasteiger partial charge in [0.1, 0.15) is 0 Å². The van der Waals surface area contributed by atoms with Crippen molar-refractivity contribution in [2.24, 2.45) is 0 Å². The first-order valence-corrected chi connectivity index (χ1v) is 6.32. The Morgan fingerprint density at radius 1 is 1.56 bits per heavy atom. The van der Waals surface area contributed by atoms with E-state index in [2.05, 4.69) is 5.32 Å². The average Bonchev–Trinajstić information content (AvgIpc) is 2.37. The third-order valence-corrected chi connectivity index (χ3v) is 3.23. The normalized spacial score (nSPS) is 25.3. The van der Waals surface area contributed by atoms with Gasteiger partial charge in [0.15, 0.2) is 0 Å².